The van der Waals surface area contributed by atoms with Gasteiger partial charge < -0.3 is 74.7 Å². The molecule has 0 heterocycles. The third kappa shape index (κ3) is 25.1. The molecule has 0 saturated carbocycles. The standard InChI is InChI=1S/2C6H8O7.C2H6O.3Ca/c2*7-3(8)1-6(13,5(11)12)2-4(9)10;1-2-3;;;/h2*13H,1-2H2,(H,7,8)(H,9,10)(H,11,12);3H,2H2,1H3;;;/q;;;3*+2/p-6. The molecule has 168 valence electrons. The van der Waals surface area contributed by atoms with Crippen LogP contribution in [0.25, 0.3) is 0 Å². The quantitative estimate of drug-likeness (QED) is 0.215. The minimum absolute atomic E-state index is 0. The van der Waals surface area contributed by atoms with Crippen molar-refractivity contribution in [1.29, 1.82) is 0 Å². The smallest absolute Gasteiger partial charge is 0.550 e. The zero-order valence-electron chi connectivity index (χ0n) is 16.9. The van der Waals surface area contributed by atoms with Gasteiger partial charge in [-0.1, -0.05) is 0 Å². The molecule has 0 aliphatic rings. The molecule has 0 bridgehead atoms. The van der Waals surface area contributed by atoms with Gasteiger partial charge in [0.05, 0.1) is 11.9 Å². The van der Waals surface area contributed by atoms with E-state index in [1.807, 2.05) is 0 Å². The predicted octanol–water partition coefficient (Wildman–Crippen LogP) is -11.6. The van der Waals surface area contributed by atoms with Crippen molar-refractivity contribution in [2.24, 2.45) is 0 Å². The molecule has 0 aliphatic carbocycles. The van der Waals surface area contributed by atoms with Gasteiger partial charge in [-0.3, -0.25) is 0 Å². The molecule has 0 rings (SSSR count). The number of hydrogen-bond acceptors (Lipinski definition) is 15. The van der Waals surface area contributed by atoms with Crippen LogP contribution in [0.2, 0.25) is 0 Å². The average molecular weight is 545 g/mol. The van der Waals surface area contributed by atoms with E-state index in [1.54, 1.807) is 6.92 Å². The van der Waals surface area contributed by atoms with Crippen molar-refractivity contribution in [3.8, 4) is 0 Å². The number of rotatable bonds is 10. The minimum Gasteiger partial charge on any atom is -0.550 e. The molecule has 3 N–H and O–H groups in total. The molecule has 0 atom stereocenters. The summed E-state index contributed by atoms with van der Waals surface area (Å²) in [5.41, 5.74) is -5.95. The molecule has 0 amide bonds. The zero-order chi connectivity index (χ0) is 24.0. The number of aliphatic hydroxyl groups is 3. The largest absolute Gasteiger partial charge is 2.00 e. The number of carboxylic acid groups (broad SMARTS) is 6. The van der Waals surface area contributed by atoms with Gasteiger partial charge in [0.15, 0.2) is 0 Å². The molecular weight excluding hydrogens is 528 g/mol. The molecule has 0 aromatic rings. The van der Waals surface area contributed by atoms with Crippen LogP contribution in [0.3, 0.4) is 0 Å². The van der Waals surface area contributed by atoms with Crippen LogP contribution < -0.4 is 30.6 Å². The third-order valence-electron chi connectivity index (χ3n) is 2.51. The van der Waals surface area contributed by atoms with E-state index in [-0.39, 0.29) is 120 Å². The molecule has 0 aromatic heterocycles. The van der Waals surface area contributed by atoms with Crippen LogP contribution in [0, 0.1) is 0 Å². The van der Waals surface area contributed by atoms with Gasteiger partial charge in [0, 0.05) is 56.2 Å². The Hall–Kier alpha value is 0.479. The normalized spacial score (nSPS) is 9.38. The van der Waals surface area contributed by atoms with Crippen molar-refractivity contribution >= 4 is 149 Å². The van der Waals surface area contributed by atoms with Crippen molar-refractivity contribution in [3.63, 3.8) is 0 Å². The summed E-state index contributed by atoms with van der Waals surface area (Å²) in [5.74, 6) is -12.0. The molecular formula is C14H16Ca3O15. The molecule has 0 unspecified atom stereocenters. The van der Waals surface area contributed by atoms with Crippen LogP contribution in [0.1, 0.15) is 32.6 Å². The Morgan fingerprint density at radius 1 is 0.562 bits per heavy atom. The first-order valence-electron chi connectivity index (χ1n) is 7.25. The van der Waals surface area contributed by atoms with E-state index in [1.165, 1.54) is 0 Å². The Bertz CT molecular complexity index is 538. The second-order valence-electron chi connectivity index (χ2n) is 5.15. The first kappa shape index (κ1) is 45.9. The second kappa shape index (κ2) is 23.2. The van der Waals surface area contributed by atoms with Crippen LogP contribution >= 0.6 is 0 Å². The van der Waals surface area contributed by atoms with E-state index in [4.69, 9.17) is 15.3 Å². The molecule has 0 radical (unpaired) electrons. The van der Waals surface area contributed by atoms with Gasteiger partial charge in [-0.25, -0.2) is 0 Å². The fourth-order valence-corrected chi connectivity index (χ4v) is 1.37. The Balaban J connectivity index is -0.0000000866. The zero-order valence-corrected chi connectivity index (χ0v) is 23.5. The Morgan fingerprint density at radius 3 is 0.750 bits per heavy atom. The number of aliphatic carboxylic acids is 6. The molecule has 0 saturated heterocycles. The molecule has 15 nitrogen and oxygen atoms in total. The van der Waals surface area contributed by atoms with Gasteiger partial charge in [-0.05, 0) is 6.92 Å². The van der Waals surface area contributed by atoms with E-state index in [0.29, 0.717) is 0 Å². The van der Waals surface area contributed by atoms with Crippen molar-refractivity contribution in [2.45, 2.75) is 43.8 Å². The van der Waals surface area contributed by atoms with Gasteiger partial charge >= 0.3 is 113 Å². The van der Waals surface area contributed by atoms with Crippen LogP contribution in [-0.2, 0) is 28.8 Å². The van der Waals surface area contributed by atoms with E-state index in [2.05, 4.69) is 0 Å². The molecule has 0 aliphatic heterocycles. The third-order valence-corrected chi connectivity index (χ3v) is 2.51. The topological polar surface area (TPSA) is 301 Å². The van der Waals surface area contributed by atoms with Gasteiger partial charge in [-0.2, -0.15) is 0 Å². The summed E-state index contributed by atoms with van der Waals surface area (Å²) >= 11 is 0. The second-order valence-corrected chi connectivity index (χ2v) is 5.15. The number of aliphatic hydroxyl groups excluding tert-OH is 1. The number of carbonyl (C=O) groups is 6. The summed E-state index contributed by atoms with van der Waals surface area (Å²) in [5, 5.41) is 85.4. The molecule has 18 heteroatoms. The summed E-state index contributed by atoms with van der Waals surface area (Å²) in [6.07, 6.45) is -5.43. The summed E-state index contributed by atoms with van der Waals surface area (Å²) < 4.78 is 0. The molecule has 0 fully saturated rings. The van der Waals surface area contributed by atoms with E-state index in [9.17, 15) is 59.4 Å². The van der Waals surface area contributed by atoms with E-state index >= 15 is 0 Å². The number of carbonyl (C=O) groups excluding carboxylic acids is 6. The maximum absolute atomic E-state index is 10.1. The maximum Gasteiger partial charge on any atom is 2.00 e. The fraction of sp³-hybridized carbons (Fsp3) is 0.571. The van der Waals surface area contributed by atoms with Crippen molar-refractivity contribution in [1.82, 2.24) is 0 Å². The van der Waals surface area contributed by atoms with Crippen molar-refractivity contribution in [2.75, 3.05) is 6.61 Å². The number of hydrogen-bond donors (Lipinski definition) is 3. The van der Waals surface area contributed by atoms with Crippen LogP contribution in [0.15, 0.2) is 0 Å². The maximum atomic E-state index is 10.1. The van der Waals surface area contributed by atoms with Gasteiger partial charge in [0.25, 0.3) is 0 Å². The van der Waals surface area contributed by atoms with Crippen molar-refractivity contribution < 1.29 is 74.7 Å². The van der Waals surface area contributed by atoms with Gasteiger partial charge in [0.2, 0.25) is 0 Å². The first-order chi connectivity index (χ1) is 13.0. The van der Waals surface area contributed by atoms with E-state index in [0.717, 1.165) is 0 Å². The van der Waals surface area contributed by atoms with Crippen LogP contribution in [0.4, 0.5) is 0 Å². The molecule has 0 aromatic carbocycles. The van der Waals surface area contributed by atoms with Crippen molar-refractivity contribution in [3.05, 3.63) is 0 Å². The Labute approximate surface area is 270 Å². The Morgan fingerprint density at radius 2 is 0.688 bits per heavy atom. The molecule has 0 spiro atoms. The monoisotopic (exact) mass is 544 g/mol. The minimum atomic E-state index is -2.97. The molecule has 32 heavy (non-hydrogen) atoms. The van der Waals surface area contributed by atoms with Crippen LogP contribution in [0.5, 0.6) is 0 Å². The van der Waals surface area contributed by atoms with Gasteiger partial charge in [-0.15, -0.1) is 0 Å². The predicted molar refractivity (Wildman–Crippen MR) is 88.4 cm³/mol. The summed E-state index contributed by atoms with van der Waals surface area (Å²) in [6, 6.07) is 0. The summed E-state index contributed by atoms with van der Waals surface area (Å²) in [4.78, 5) is 60.0. The van der Waals surface area contributed by atoms with Gasteiger partial charge in [0.1, 0.15) is 11.2 Å². The first-order valence-corrected chi connectivity index (χ1v) is 7.25. The number of carboxylic acids is 6. The summed E-state index contributed by atoms with van der Waals surface area (Å²) in [6.45, 7) is 1.93. The average Bonchev–Trinajstić information content (AvgIpc) is 2.44. The Kier molecular flexibility index (Phi) is 33.3. The van der Waals surface area contributed by atoms with E-state index < -0.39 is 72.7 Å². The SMILES string of the molecule is CCO.O=C([O-])CC(O)(CC(=O)[O-])C(=O)[O-].O=C([O-])CC(O)(CC(=O)[O-])C(=O)[O-].[Ca+2].[Ca+2].[Ca+2]. The fourth-order valence-electron chi connectivity index (χ4n) is 1.37. The van der Waals surface area contributed by atoms with Crippen LogP contribution in [-0.4, -0.2) is 182 Å². The summed E-state index contributed by atoms with van der Waals surface area (Å²) in [7, 11) is 0.